The van der Waals surface area contributed by atoms with Crippen LogP contribution in [0.4, 0.5) is 0 Å². The first kappa shape index (κ1) is 11.9. The summed E-state index contributed by atoms with van der Waals surface area (Å²) in [6, 6.07) is 0. The molecular formula is C9H18ClNO. The third-order valence-corrected chi connectivity index (χ3v) is 2.42. The van der Waals surface area contributed by atoms with Gasteiger partial charge in [0.2, 0.25) is 0 Å². The Kier molecular flexibility index (Phi) is 5.55. The maximum atomic E-state index is 9.16. The average molecular weight is 192 g/mol. The first-order valence-corrected chi connectivity index (χ1v) is 4.30. The van der Waals surface area contributed by atoms with Crippen LogP contribution in [0.2, 0.25) is 0 Å². The van der Waals surface area contributed by atoms with Gasteiger partial charge in [-0.15, -0.1) is 19.0 Å². The fourth-order valence-electron chi connectivity index (χ4n) is 1.68. The van der Waals surface area contributed by atoms with E-state index in [-0.39, 0.29) is 24.6 Å². The van der Waals surface area contributed by atoms with E-state index in [9.17, 15) is 0 Å². The zero-order chi connectivity index (χ0) is 8.16. The quantitative estimate of drug-likeness (QED) is 0.663. The molecule has 1 aliphatic heterocycles. The van der Waals surface area contributed by atoms with Crippen LogP contribution in [0.1, 0.15) is 25.7 Å². The van der Waals surface area contributed by atoms with Gasteiger partial charge in [-0.05, 0) is 25.8 Å². The molecule has 3 heteroatoms. The summed E-state index contributed by atoms with van der Waals surface area (Å²) in [5.41, 5.74) is -0.0417. The lowest BCUT2D eigenvalue weighted by Gasteiger charge is -2.36. The highest BCUT2D eigenvalue weighted by Gasteiger charge is 2.28. The summed E-state index contributed by atoms with van der Waals surface area (Å²) in [6.45, 7) is 4.97. The first-order chi connectivity index (χ1) is 5.33. The van der Waals surface area contributed by atoms with Crippen molar-refractivity contribution in [1.82, 2.24) is 5.32 Å². The van der Waals surface area contributed by atoms with E-state index in [0.717, 1.165) is 19.4 Å². The Morgan fingerprint density at radius 3 is 2.67 bits per heavy atom. The zero-order valence-electron chi connectivity index (χ0n) is 7.38. The van der Waals surface area contributed by atoms with Crippen LogP contribution in [-0.4, -0.2) is 23.8 Å². The lowest BCUT2D eigenvalue weighted by atomic mass is 9.87. The summed E-state index contributed by atoms with van der Waals surface area (Å²) in [4.78, 5) is 0. The van der Waals surface area contributed by atoms with E-state index in [1.807, 2.05) is 6.08 Å². The Morgan fingerprint density at radius 1 is 1.50 bits per heavy atom. The molecular weight excluding hydrogens is 174 g/mol. The van der Waals surface area contributed by atoms with Gasteiger partial charge >= 0.3 is 0 Å². The normalized spacial score (nSPS) is 29.1. The molecule has 1 fully saturated rings. The number of hydrogen-bond acceptors (Lipinski definition) is 2. The molecule has 0 bridgehead atoms. The molecule has 0 saturated carbocycles. The minimum atomic E-state index is -0.0417. The molecule has 0 aromatic heterocycles. The lowest BCUT2D eigenvalue weighted by molar-refractivity contribution is 0.134. The standard InChI is InChI=1S/C9H17NO.ClH/c1-2-5-9(8-11)6-3-4-7-10-9;/h2,10-11H,1,3-8H2;1H. The number of halogens is 1. The molecule has 1 unspecified atom stereocenters. The van der Waals surface area contributed by atoms with Crippen molar-refractivity contribution in [3.05, 3.63) is 12.7 Å². The van der Waals surface area contributed by atoms with Crippen molar-refractivity contribution in [2.75, 3.05) is 13.2 Å². The first-order valence-electron chi connectivity index (χ1n) is 4.30. The minimum absolute atomic E-state index is 0. The average Bonchev–Trinajstić information content (AvgIpc) is 2.07. The van der Waals surface area contributed by atoms with E-state index in [1.54, 1.807) is 0 Å². The molecule has 72 valence electrons. The fourth-order valence-corrected chi connectivity index (χ4v) is 1.68. The molecule has 0 amide bonds. The molecule has 0 spiro atoms. The van der Waals surface area contributed by atoms with Crippen LogP contribution in [0, 0.1) is 0 Å². The molecule has 0 radical (unpaired) electrons. The zero-order valence-corrected chi connectivity index (χ0v) is 8.20. The van der Waals surface area contributed by atoms with Gasteiger partial charge in [0.1, 0.15) is 0 Å². The molecule has 0 aromatic rings. The summed E-state index contributed by atoms with van der Waals surface area (Å²) in [6.07, 6.45) is 6.30. The SMILES string of the molecule is C=CCC1(CO)CCCCN1.Cl. The molecule has 1 aliphatic rings. The van der Waals surface area contributed by atoms with Crippen molar-refractivity contribution < 1.29 is 5.11 Å². The Morgan fingerprint density at radius 2 is 2.25 bits per heavy atom. The number of hydrogen-bond donors (Lipinski definition) is 2. The van der Waals surface area contributed by atoms with Crippen LogP contribution in [0.5, 0.6) is 0 Å². The topological polar surface area (TPSA) is 32.3 Å². The number of aliphatic hydroxyl groups excluding tert-OH is 1. The van der Waals surface area contributed by atoms with Gasteiger partial charge in [0.05, 0.1) is 6.61 Å². The number of aliphatic hydroxyl groups is 1. The smallest absolute Gasteiger partial charge is 0.0616 e. The van der Waals surface area contributed by atoms with E-state index >= 15 is 0 Å². The van der Waals surface area contributed by atoms with Gasteiger partial charge in [0.25, 0.3) is 0 Å². The Labute approximate surface area is 80.5 Å². The van der Waals surface area contributed by atoms with Crippen LogP contribution in [0.15, 0.2) is 12.7 Å². The van der Waals surface area contributed by atoms with Crippen molar-refractivity contribution >= 4 is 12.4 Å². The lowest BCUT2D eigenvalue weighted by Crippen LogP contribution is -2.51. The molecule has 12 heavy (non-hydrogen) atoms. The maximum Gasteiger partial charge on any atom is 0.0616 e. The van der Waals surface area contributed by atoms with E-state index in [1.165, 1.54) is 12.8 Å². The summed E-state index contributed by atoms with van der Waals surface area (Å²) >= 11 is 0. The van der Waals surface area contributed by atoms with Gasteiger partial charge < -0.3 is 10.4 Å². The molecule has 1 rings (SSSR count). The van der Waals surface area contributed by atoms with Gasteiger partial charge in [-0.2, -0.15) is 0 Å². The second kappa shape index (κ2) is 5.57. The highest BCUT2D eigenvalue weighted by atomic mass is 35.5. The number of piperidine rings is 1. The highest BCUT2D eigenvalue weighted by Crippen LogP contribution is 2.22. The predicted molar refractivity (Wildman–Crippen MR) is 53.7 cm³/mol. The minimum Gasteiger partial charge on any atom is -0.394 e. The molecule has 1 heterocycles. The van der Waals surface area contributed by atoms with E-state index in [2.05, 4.69) is 11.9 Å². The van der Waals surface area contributed by atoms with Crippen molar-refractivity contribution in [3.8, 4) is 0 Å². The fraction of sp³-hybridized carbons (Fsp3) is 0.778. The monoisotopic (exact) mass is 191 g/mol. The van der Waals surface area contributed by atoms with Crippen molar-refractivity contribution in [1.29, 1.82) is 0 Å². The van der Waals surface area contributed by atoms with E-state index in [4.69, 9.17) is 5.11 Å². The van der Waals surface area contributed by atoms with Crippen LogP contribution in [0.25, 0.3) is 0 Å². The molecule has 1 atom stereocenters. The van der Waals surface area contributed by atoms with Crippen molar-refractivity contribution in [2.24, 2.45) is 0 Å². The molecule has 2 nitrogen and oxygen atoms in total. The highest BCUT2D eigenvalue weighted by molar-refractivity contribution is 5.85. The summed E-state index contributed by atoms with van der Waals surface area (Å²) in [5, 5.41) is 12.5. The van der Waals surface area contributed by atoms with Gasteiger partial charge in [-0.1, -0.05) is 12.5 Å². The van der Waals surface area contributed by atoms with Gasteiger partial charge in [-0.25, -0.2) is 0 Å². The second-order valence-corrected chi connectivity index (χ2v) is 3.32. The van der Waals surface area contributed by atoms with Gasteiger partial charge in [0.15, 0.2) is 0 Å². The van der Waals surface area contributed by atoms with Crippen molar-refractivity contribution in [3.63, 3.8) is 0 Å². The number of rotatable bonds is 3. The Bertz CT molecular complexity index is 132. The molecule has 0 aromatic carbocycles. The third kappa shape index (κ3) is 2.77. The van der Waals surface area contributed by atoms with Crippen molar-refractivity contribution in [2.45, 2.75) is 31.2 Å². The Balaban J connectivity index is 0.00000121. The Hall–Kier alpha value is -0.0500. The van der Waals surface area contributed by atoms with Crippen LogP contribution < -0.4 is 5.32 Å². The molecule has 1 saturated heterocycles. The number of nitrogens with one attached hydrogen (secondary N) is 1. The maximum absolute atomic E-state index is 9.16. The van der Waals surface area contributed by atoms with E-state index in [0.29, 0.717) is 0 Å². The third-order valence-electron chi connectivity index (χ3n) is 2.42. The largest absolute Gasteiger partial charge is 0.394 e. The van der Waals surface area contributed by atoms with Crippen LogP contribution in [-0.2, 0) is 0 Å². The summed E-state index contributed by atoms with van der Waals surface area (Å²) in [5.74, 6) is 0. The van der Waals surface area contributed by atoms with Crippen LogP contribution in [0.3, 0.4) is 0 Å². The second-order valence-electron chi connectivity index (χ2n) is 3.32. The van der Waals surface area contributed by atoms with Gasteiger partial charge in [-0.3, -0.25) is 0 Å². The summed E-state index contributed by atoms with van der Waals surface area (Å²) in [7, 11) is 0. The molecule has 2 N–H and O–H groups in total. The van der Waals surface area contributed by atoms with E-state index < -0.39 is 0 Å². The molecule has 0 aliphatic carbocycles. The summed E-state index contributed by atoms with van der Waals surface area (Å²) < 4.78 is 0. The van der Waals surface area contributed by atoms with Crippen LogP contribution >= 0.6 is 12.4 Å². The predicted octanol–water partition coefficient (Wildman–Crippen LogP) is 1.49. The van der Waals surface area contributed by atoms with Gasteiger partial charge in [0, 0.05) is 5.54 Å².